The van der Waals surface area contributed by atoms with Gasteiger partial charge in [-0.25, -0.2) is 19.2 Å². The molecule has 0 fully saturated rings. The van der Waals surface area contributed by atoms with Crippen LogP contribution in [0.1, 0.15) is 96.3 Å². The summed E-state index contributed by atoms with van der Waals surface area (Å²) in [5.41, 5.74) is 3.59. The first-order valence-corrected chi connectivity index (χ1v) is 18.4. The van der Waals surface area contributed by atoms with Crippen LogP contribution >= 0.6 is 0 Å². The standard InChI is InChI=1S/C42H53N3O9/c1-41(2,3)53-38(48)34(45-40(50)54-42(4,5)6)22-14-15-25-43-36(46)24-23-35(37(47)51-26-28-16-8-7-9-17-28)44-39(49)52-27-33-31-20-12-10-18-29(31)30-19-11-13-21-32(30)33/h7-13,16-21,33-35H,14-15,22-27H2,1-6H3,(H,43,46)(H,44,49)(H,45,50)/t34-,35+/m0/s1. The largest absolute Gasteiger partial charge is 0.459 e. The highest BCUT2D eigenvalue weighted by Crippen LogP contribution is 2.44. The Kier molecular flexibility index (Phi) is 14.6. The number of carbonyl (C=O) groups excluding carboxylic acids is 5. The quantitative estimate of drug-likeness (QED) is 0.0803. The van der Waals surface area contributed by atoms with Crippen LogP contribution < -0.4 is 16.0 Å². The molecule has 0 unspecified atom stereocenters. The van der Waals surface area contributed by atoms with Gasteiger partial charge in [-0.3, -0.25) is 4.79 Å². The molecule has 54 heavy (non-hydrogen) atoms. The lowest BCUT2D eigenvalue weighted by atomic mass is 9.98. The summed E-state index contributed by atoms with van der Waals surface area (Å²) in [6.07, 6.45) is -0.365. The zero-order valence-corrected chi connectivity index (χ0v) is 32.1. The topological polar surface area (TPSA) is 158 Å². The molecular formula is C42H53N3O9. The summed E-state index contributed by atoms with van der Waals surface area (Å²) in [5.74, 6) is -1.76. The van der Waals surface area contributed by atoms with Crippen molar-refractivity contribution in [2.45, 2.75) is 109 Å². The van der Waals surface area contributed by atoms with Gasteiger partial charge in [0.15, 0.2) is 0 Å². The fourth-order valence-electron chi connectivity index (χ4n) is 6.00. The molecular weight excluding hydrogens is 690 g/mol. The number of rotatable bonds is 16. The number of hydrogen-bond donors (Lipinski definition) is 3. The highest BCUT2D eigenvalue weighted by Gasteiger charge is 2.31. The Morgan fingerprint density at radius 2 is 1.19 bits per heavy atom. The number of esters is 2. The van der Waals surface area contributed by atoms with E-state index in [9.17, 15) is 24.0 Å². The van der Waals surface area contributed by atoms with Crippen LogP contribution in [0.3, 0.4) is 0 Å². The lowest BCUT2D eigenvalue weighted by Crippen LogP contribution is -2.46. The minimum absolute atomic E-state index is 0.00180. The van der Waals surface area contributed by atoms with E-state index in [0.29, 0.717) is 12.8 Å². The van der Waals surface area contributed by atoms with Crippen LogP contribution in [0.5, 0.6) is 0 Å². The molecule has 12 nitrogen and oxygen atoms in total. The lowest BCUT2D eigenvalue weighted by molar-refractivity contribution is -0.157. The van der Waals surface area contributed by atoms with Crippen LogP contribution in [0, 0.1) is 0 Å². The molecule has 0 bridgehead atoms. The summed E-state index contributed by atoms with van der Waals surface area (Å²) in [7, 11) is 0. The fraction of sp³-hybridized carbons (Fsp3) is 0.452. The predicted octanol–water partition coefficient (Wildman–Crippen LogP) is 6.94. The maximum atomic E-state index is 13.2. The lowest BCUT2D eigenvalue weighted by Gasteiger charge is -2.26. The monoisotopic (exact) mass is 743 g/mol. The summed E-state index contributed by atoms with van der Waals surface area (Å²) in [6, 6.07) is 23.1. The molecule has 4 rings (SSSR count). The van der Waals surface area contributed by atoms with Crippen molar-refractivity contribution in [1.82, 2.24) is 16.0 Å². The van der Waals surface area contributed by atoms with E-state index in [1.807, 2.05) is 78.9 Å². The molecule has 290 valence electrons. The third-order valence-electron chi connectivity index (χ3n) is 8.43. The van der Waals surface area contributed by atoms with E-state index in [1.54, 1.807) is 41.5 Å². The Labute approximate surface area is 317 Å². The third kappa shape index (κ3) is 13.2. The first kappa shape index (κ1) is 41.4. The SMILES string of the molecule is CC(C)(C)OC(=O)N[C@@H](CCCCNC(=O)CC[C@@H](NC(=O)OCC1c2ccccc2-c2ccccc21)C(=O)OCc1ccccc1)C(=O)OC(C)(C)C. The van der Waals surface area contributed by atoms with Crippen LogP contribution in [0.25, 0.3) is 11.1 Å². The van der Waals surface area contributed by atoms with E-state index in [-0.39, 0.29) is 50.8 Å². The molecule has 0 aromatic heterocycles. The van der Waals surface area contributed by atoms with Crippen molar-refractivity contribution >= 4 is 30.0 Å². The van der Waals surface area contributed by atoms with Gasteiger partial charge in [-0.15, -0.1) is 0 Å². The van der Waals surface area contributed by atoms with Crippen molar-refractivity contribution in [2.75, 3.05) is 13.2 Å². The van der Waals surface area contributed by atoms with Gasteiger partial charge in [0.1, 0.15) is 36.5 Å². The van der Waals surface area contributed by atoms with Crippen molar-refractivity contribution in [1.29, 1.82) is 0 Å². The van der Waals surface area contributed by atoms with Gasteiger partial charge in [0.05, 0.1) is 0 Å². The van der Waals surface area contributed by atoms with Gasteiger partial charge in [-0.05, 0) is 95.0 Å². The first-order valence-electron chi connectivity index (χ1n) is 18.4. The number of amides is 3. The minimum atomic E-state index is -1.14. The van der Waals surface area contributed by atoms with Crippen LogP contribution in [0.4, 0.5) is 9.59 Å². The number of ether oxygens (including phenoxy) is 4. The number of unbranched alkanes of at least 4 members (excludes halogenated alkanes) is 1. The van der Waals surface area contributed by atoms with Crippen LogP contribution in [-0.2, 0) is 39.9 Å². The Balaban J connectivity index is 1.29. The smallest absolute Gasteiger partial charge is 0.408 e. The highest BCUT2D eigenvalue weighted by molar-refractivity contribution is 5.84. The molecule has 1 aliphatic rings. The summed E-state index contributed by atoms with van der Waals surface area (Å²) in [4.78, 5) is 64.4. The Morgan fingerprint density at radius 1 is 0.630 bits per heavy atom. The van der Waals surface area contributed by atoms with Crippen molar-refractivity contribution in [3.8, 4) is 11.1 Å². The normalized spacial score (nSPS) is 13.4. The van der Waals surface area contributed by atoms with Crippen molar-refractivity contribution in [3.05, 3.63) is 95.6 Å². The van der Waals surface area contributed by atoms with E-state index in [1.165, 1.54) is 0 Å². The number of carbonyl (C=O) groups is 5. The van der Waals surface area contributed by atoms with Gasteiger partial charge in [-0.1, -0.05) is 78.9 Å². The molecule has 3 N–H and O–H groups in total. The number of fused-ring (bicyclic) bond motifs is 3. The highest BCUT2D eigenvalue weighted by atomic mass is 16.6. The van der Waals surface area contributed by atoms with Crippen LogP contribution in [-0.4, -0.2) is 66.5 Å². The first-order chi connectivity index (χ1) is 25.6. The van der Waals surface area contributed by atoms with Gasteiger partial charge < -0.3 is 34.9 Å². The van der Waals surface area contributed by atoms with E-state index in [4.69, 9.17) is 18.9 Å². The molecule has 0 saturated carbocycles. The number of nitrogens with one attached hydrogen (secondary N) is 3. The van der Waals surface area contributed by atoms with E-state index in [0.717, 1.165) is 27.8 Å². The second kappa shape index (κ2) is 19.1. The number of benzene rings is 3. The predicted molar refractivity (Wildman–Crippen MR) is 203 cm³/mol. The second-order valence-electron chi connectivity index (χ2n) is 15.2. The van der Waals surface area contributed by atoms with Gasteiger partial charge in [-0.2, -0.15) is 0 Å². The van der Waals surface area contributed by atoms with Crippen molar-refractivity contribution < 1.29 is 42.9 Å². The zero-order valence-electron chi connectivity index (χ0n) is 32.1. The van der Waals surface area contributed by atoms with Gasteiger partial charge in [0, 0.05) is 18.9 Å². The molecule has 0 radical (unpaired) electrons. The van der Waals surface area contributed by atoms with E-state index in [2.05, 4.69) is 16.0 Å². The van der Waals surface area contributed by atoms with E-state index < -0.39 is 47.4 Å². The summed E-state index contributed by atoms with van der Waals surface area (Å²) >= 11 is 0. The van der Waals surface area contributed by atoms with Crippen LogP contribution in [0.2, 0.25) is 0 Å². The number of alkyl carbamates (subject to hydrolysis) is 2. The van der Waals surface area contributed by atoms with Gasteiger partial charge >= 0.3 is 24.1 Å². The summed E-state index contributed by atoms with van der Waals surface area (Å²) in [6.45, 7) is 10.8. The Morgan fingerprint density at radius 3 is 1.80 bits per heavy atom. The average molecular weight is 744 g/mol. The molecule has 1 aliphatic carbocycles. The maximum absolute atomic E-state index is 13.2. The Hall–Kier alpha value is -5.39. The molecule has 0 aliphatic heterocycles. The molecule has 0 spiro atoms. The number of hydrogen-bond acceptors (Lipinski definition) is 9. The molecule has 2 atom stereocenters. The fourth-order valence-corrected chi connectivity index (χ4v) is 6.00. The third-order valence-corrected chi connectivity index (χ3v) is 8.43. The van der Waals surface area contributed by atoms with Crippen molar-refractivity contribution in [3.63, 3.8) is 0 Å². The molecule has 12 heteroatoms. The summed E-state index contributed by atoms with van der Waals surface area (Å²) in [5, 5.41) is 8.04. The molecule has 3 aromatic carbocycles. The zero-order chi connectivity index (χ0) is 39.3. The maximum Gasteiger partial charge on any atom is 0.408 e. The molecule has 3 amide bonds. The average Bonchev–Trinajstić information content (AvgIpc) is 3.43. The minimum Gasteiger partial charge on any atom is -0.459 e. The van der Waals surface area contributed by atoms with Crippen molar-refractivity contribution in [2.24, 2.45) is 0 Å². The second-order valence-corrected chi connectivity index (χ2v) is 15.2. The van der Waals surface area contributed by atoms with Gasteiger partial charge in [0.2, 0.25) is 5.91 Å². The molecule has 0 saturated heterocycles. The van der Waals surface area contributed by atoms with Gasteiger partial charge in [0.25, 0.3) is 0 Å². The summed E-state index contributed by atoms with van der Waals surface area (Å²) < 4.78 is 22.0. The Bertz CT molecular complexity index is 1700. The van der Waals surface area contributed by atoms with E-state index >= 15 is 0 Å². The molecule has 0 heterocycles. The molecule has 3 aromatic rings. The van der Waals surface area contributed by atoms with Crippen LogP contribution in [0.15, 0.2) is 78.9 Å².